The van der Waals surface area contributed by atoms with Gasteiger partial charge in [-0.1, -0.05) is 13.8 Å². The van der Waals surface area contributed by atoms with E-state index in [2.05, 4.69) is 46.4 Å². The fourth-order valence-electron chi connectivity index (χ4n) is 1.56. The topological polar surface area (TPSA) is 64.9 Å². The monoisotopic (exact) mass is 343 g/mol. The van der Waals surface area contributed by atoms with Crippen LogP contribution in [0.15, 0.2) is 23.0 Å². The molecule has 2 aromatic heterocycles. The smallest absolute Gasteiger partial charge is 0.165 e. The van der Waals surface area contributed by atoms with Crippen LogP contribution in [0.2, 0.25) is 0 Å². The number of rotatable bonds is 3. The minimum absolute atomic E-state index is 0.535. The second-order valence-electron chi connectivity index (χ2n) is 4.30. The van der Waals surface area contributed by atoms with Gasteiger partial charge in [0.2, 0.25) is 0 Å². The highest BCUT2D eigenvalue weighted by Gasteiger charge is 2.13. The van der Waals surface area contributed by atoms with Crippen LogP contribution in [0, 0.1) is 9.49 Å². The molecule has 0 aliphatic carbocycles. The van der Waals surface area contributed by atoms with Crippen molar-refractivity contribution in [1.29, 1.82) is 0 Å². The highest BCUT2D eigenvalue weighted by Crippen LogP contribution is 2.24. The fourth-order valence-corrected chi connectivity index (χ4v) is 2.02. The quantitative estimate of drug-likeness (QED) is 0.870. The molecule has 0 unspecified atom stereocenters. The van der Waals surface area contributed by atoms with E-state index in [4.69, 9.17) is 10.2 Å². The van der Waals surface area contributed by atoms with Gasteiger partial charge in [0.1, 0.15) is 12.1 Å². The Kier molecular flexibility index (Phi) is 3.66. The van der Waals surface area contributed by atoms with E-state index in [1.807, 2.05) is 6.07 Å². The lowest BCUT2D eigenvalue weighted by Gasteiger charge is -2.09. The Morgan fingerprint density at radius 2 is 2.18 bits per heavy atom. The van der Waals surface area contributed by atoms with Crippen molar-refractivity contribution in [2.45, 2.75) is 20.3 Å². The van der Waals surface area contributed by atoms with Gasteiger partial charge in [0.15, 0.2) is 5.82 Å². The average Bonchev–Trinajstić information content (AvgIpc) is 2.77. The van der Waals surface area contributed by atoms with E-state index in [0.29, 0.717) is 17.6 Å². The van der Waals surface area contributed by atoms with Crippen molar-refractivity contribution >= 4 is 28.4 Å². The molecule has 0 spiro atoms. The number of nitrogens with zero attached hydrogens (tertiary/aromatic N) is 2. The van der Waals surface area contributed by atoms with Crippen LogP contribution in [-0.2, 0) is 6.42 Å². The van der Waals surface area contributed by atoms with E-state index < -0.39 is 0 Å². The predicted molar refractivity (Wildman–Crippen MR) is 75.4 cm³/mol. The molecule has 0 amide bonds. The molecule has 2 N–H and O–H groups in total. The number of furan rings is 1. The molecule has 0 bridgehead atoms. The third-order valence-electron chi connectivity index (χ3n) is 2.33. The number of halogens is 1. The molecule has 0 fully saturated rings. The van der Waals surface area contributed by atoms with E-state index in [1.54, 1.807) is 12.5 Å². The molecular weight excluding hydrogens is 329 g/mol. The van der Waals surface area contributed by atoms with Crippen LogP contribution in [0.3, 0.4) is 0 Å². The Labute approximate surface area is 114 Å². The van der Waals surface area contributed by atoms with E-state index in [0.717, 1.165) is 21.2 Å². The summed E-state index contributed by atoms with van der Waals surface area (Å²) in [5.74, 6) is 1.70. The number of nitrogen functional groups attached to an aromatic ring is 1. The normalized spacial score (nSPS) is 11.1. The molecule has 0 atom stereocenters. The van der Waals surface area contributed by atoms with Crippen molar-refractivity contribution in [2.24, 2.45) is 5.92 Å². The summed E-state index contributed by atoms with van der Waals surface area (Å²) in [6.07, 6.45) is 4.13. The Morgan fingerprint density at radius 1 is 1.41 bits per heavy atom. The molecule has 0 aromatic carbocycles. The molecule has 2 rings (SSSR count). The van der Waals surface area contributed by atoms with Crippen LogP contribution in [0.4, 0.5) is 5.82 Å². The average molecular weight is 343 g/mol. The number of hydrogen-bond donors (Lipinski definition) is 1. The second kappa shape index (κ2) is 5.03. The Morgan fingerprint density at radius 3 is 2.76 bits per heavy atom. The standard InChI is InChI=1S/C12H14IN3O/c1-7(2)5-9-10(13)11(14)16-12(15-9)8-3-4-17-6-8/h3-4,6-7H,5H2,1-2H3,(H2,14,15,16). The van der Waals surface area contributed by atoms with Crippen molar-refractivity contribution in [2.75, 3.05) is 5.73 Å². The van der Waals surface area contributed by atoms with Crippen LogP contribution >= 0.6 is 22.6 Å². The minimum Gasteiger partial charge on any atom is -0.472 e. The van der Waals surface area contributed by atoms with Crippen molar-refractivity contribution in [3.63, 3.8) is 0 Å². The molecule has 2 heterocycles. The fraction of sp³-hybridized carbons (Fsp3) is 0.333. The SMILES string of the molecule is CC(C)Cc1nc(-c2ccoc2)nc(N)c1I. The maximum absolute atomic E-state index is 5.91. The molecule has 0 saturated heterocycles. The lowest BCUT2D eigenvalue weighted by molar-refractivity contribution is 0.568. The first kappa shape index (κ1) is 12.3. The molecule has 0 aliphatic rings. The predicted octanol–water partition coefficient (Wildman–Crippen LogP) is 3.12. The van der Waals surface area contributed by atoms with Gasteiger partial charge in [0, 0.05) is 0 Å². The first-order valence-electron chi connectivity index (χ1n) is 5.42. The maximum atomic E-state index is 5.91. The molecule has 90 valence electrons. The zero-order chi connectivity index (χ0) is 12.4. The van der Waals surface area contributed by atoms with Gasteiger partial charge in [0.25, 0.3) is 0 Å². The summed E-state index contributed by atoms with van der Waals surface area (Å²) < 4.78 is 5.99. The first-order valence-corrected chi connectivity index (χ1v) is 6.50. The van der Waals surface area contributed by atoms with E-state index in [-0.39, 0.29) is 0 Å². The molecule has 2 aromatic rings. The molecule has 0 aliphatic heterocycles. The van der Waals surface area contributed by atoms with Crippen LogP contribution < -0.4 is 5.73 Å². The number of aromatic nitrogens is 2. The summed E-state index contributed by atoms with van der Waals surface area (Å²) in [7, 11) is 0. The van der Waals surface area contributed by atoms with Gasteiger partial charge < -0.3 is 10.2 Å². The maximum Gasteiger partial charge on any atom is 0.165 e. The number of hydrogen-bond acceptors (Lipinski definition) is 4. The summed E-state index contributed by atoms with van der Waals surface area (Å²) in [5.41, 5.74) is 7.78. The van der Waals surface area contributed by atoms with E-state index in [1.165, 1.54) is 0 Å². The summed E-state index contributed by atoms with van der Waals surface area (Å²) in [6, 6.07) is 1.83. The van der Waals surface area contributed by atoms with Crippen molar-refractivity contribution < 1.29 is 4.42 Å². The van der Waals surface area contributed by atoms with Crippen LogP contribution in [0.1, 0.15) is 19.5 Å². The Bertz CT molecular complexity index is 509. The molecule has 17 heavy (non-hydrogen) atoms. The van der Waals surface area contributed by atoms with E-state index in [9.17, 15) is 0 Å². The summed E-state index contributed by atoms with van der Waals surface area (Å²) in [5, 5.41) is 0. The molecule has 4 nitrogen and oxygen atoms in total. The zero-order valence-electron chi connectivity index (χ0n) is 9.77. The zero-order valence-corrected chi connectivity index (χ0v) is 11.9. The summed E-state index contributed by atoms with van der Waals surface area (Å²) in [6.45, 7) is 4.32. The van der Waals surface area contributed by atoms with Gasteiger partial charge in [-0.2, -0.15) is 0 Å². The third kappa shape index (κ3) is 2.77. The highest BCUT2D eigenvalue weighted by atomic mass is 127. The molecule has 0 radical (unpaired) electrons. The number of anilines is 1. The van der Waals surface area contributed by atoms with Gasteiger partial charge in [-0.3, -0.25) is 0 Å². The minimum atomic E-state index is 0.535. The van der Waals surface area contributed by atoms with Crippen LogP contribution in [0.25, 0.3) is 11.4 Å². The van der Waals surface area contributed by atoms with Gasteiger partial charge >= 0.3 is 0 Å². The lowest BCUT2D eigenvalue weighted by atomic mass is 10.1. The van der Waals surface area contributed by atoms with Crippen LogP contribution in [-0.4, -0.2) is 9.97 Å². The van der Waals surface area contributed by atoms with Crippen molar-refractivity contribution in [3.8, 4) is 11.4 Å². The molecule has 0 saturated carbocycles. The van der Waals surface area contributed by atoms with Gasteiger partial charge in [-0.15, -0.1) is 0 Å². The van der Waals surface area contributed by atoms with Gasteiger partial charge in [0.05, 0.1) is 21.1 Å². The largest absolute Gasteiger partial charge is 0.472 e. The highest BCUT2D eigenvalue weighted by molar-refractivity contribution is 14.1. The third-order valence-corrected chi connectivity index (χ3v) is 3.50. The molecule has 5 heteroatoms. The van der Waals surface area contributed by atoms with Crippen molar-refractivity contribution in [3.05, 3.63) is 27.9 Å². The second-order valence-corrected chi connectivity index (χ2v) is 5.38. The first-order chi connectivity index (χ1) is 8.08. The summed E-state index contributed by atoms with van der Waals surface area (Å²) >= 11 is 2.20. The lowest BCUT2D eigenvalue weighted by Crippen LogP contribution is -2.07. The Hall–Kier alpha value is -1.11. The summed E-state index contributed by atoms with van der Waals surface area (Å²) in [4.78, 5) is 8.84. The van der Waals surface area contributed by atoms with Gasteiger partial charge in [-0.05, 0) is 41.0 Å². The Balaban J connectivity index is 2.46. The molecular formula is C12H14IN3O. The van der Waals surface area contributed by atoms with Crippen molar-refractivity contribution in [1.82, 2.24) is 9.97 Å². The van der Waals surface area contributed by atoms with E-state index >= 15 is 0 Å². The number of nitrogens with two attached hydrogens (primary N) is 1. The van der Waals surface area contributed by atoms with Gasteiger partial charge in [-0.25, -0.2) is 9.97 Å². The van der Waals surface area contributed by atoms with Crippen LogP contribution in [0.5, 0.6) is 0 Å².